The minimum atomic E-state index is -0.109. The number of piperazine rings is 1. The Hall–Kier alpha value is -1.85. The molecule has 1 fully saturated rings. The maximum Gasteiger partial charge on any atom is 0.221 e. The Morgan fingerprint density at radius 2 is 1.92 bits per heavy atom. The molecule has 0 radical (unpaired) electrons. The van der Waals surface area contributed by atoms with Gasteiger partial charge in [0.25, 0.3) is 0 Å². The summed E-state index contributed by atoms with van der Waals surface area (Å²) < 4.78 is 5.82. The van der Waals surface area contributed by atoms with Crippen LogP contribution in [0, 0.1) is 0 Å². The van der Waals surface area contributed by atoms with Gasteiger partial charge in [-0.2, -0.15) is 0 Å². The molecule has 130 valence electrons. The summed E-state index contributed by atoms with van der Waals surface area (Å²) in [5.41, 5.74) is 0.863. The average molecular weight is 329 g/mol. The number of nitrogens with zero attached hydrogens (tertiary/aromatic N) is 2. The van der Waals surface area contributed by atoms with Crippen molar-refractivity contribution in [1.82, 2.24) is 15.1 Å². The molecule has 0 aliphatic carbocycles. The van der Waals surface area contributed by atoms with Crippen molar-refractivity contribution in [3.63, 3.8) is 0 Å². The zero-order valence-electron chi connectivity index (χ0n) is 14.6. The second-order valence-electron chi connectivity index (χ2n) is 6.50. The van der Waals surface area contributed by atoms with Gasteiger partial charge in [-0.25, -0.2) is 0 Å². The van der Waals surface area contributed by atoms with Crippen LogP contribution < -0.4 is 5.32 Å². The number of nitrogens with one attached hydrogen (secondary N) is 1. The van der Waals surface area contributed by atoms with E-state index in [9.17, 15) is 4.79 Å². The lowest BCUT2D eigenvalue weighted by molar-refractivity contribution is -0.122. The van der Waals surface area contributed by atoms with E-state index in [0.717, 1.165) is 56.0 Å². The van der Waals surface area contributed by atoms with Crippen molar-refractivity contribution in [2.75, 3.05) is 39.3 Å². The molecule has 1 aliphatic heterocycles. The van der Waals surface area contributed by atoms with Gasteiger partial charge < -0.3 is 19.5 Å². The molecule has 2 heterocycles. The van der Waals surface area contributed by atoms with Crippen LogP contribution >= 0.6 is 0 Å². The van der Waals surface area contributed by atoms with Crippen molar-refractivity contribution in [2.24, 2.45) is 0 Å². The summed E-state index contributed by atoms with van der Waals surface area (Å²) in [6.45, 7) is 10.4. The topological polar surface area (TPSA) is 48.7 Å². The Balaban J connectivity index is 1.46. The first-order valence-electron chi connectivity index (χ1n) is 8.88. The van der Waals surface area contributed by atoms with E-state index in [2.05, 4.69) is 22.0 Å². The normalized spacial score (nSPS) is 17.9. The maximum atomic E-state index is 12.2. The van der Waals surface area contributed by atoms with Crippen LogP contribution in [0.2, 0.25) is 0 Å². The Morgan fingerprint density at radius 3 is 2.62 bits per heavy atom. The van der Waals surface area contributed by atoms with Crippen LogP contribution in [0.5, 0.6) is 0 Å². The third kappa shape index (κ3) is 4.16. The van der Waals surface area contributed by atoms with Crippen molar-refractivity contribution >= 4 is 16.9 Å². The Labute approximate surface area is 143 Å². The number of amides is 1. The molecular weight excluding hydrogens is 302 g/mol. The molecule has 5 nitrogen and oxygen atoms in total. The monoisotopic (exact) mass is 329 g/mol. The molecule has 1 unspecified atom stereocenters. The summed E-state index contributed by atoms with van der Waals surface area (Å²) >= 11 is 0. The number of rotatable bonds is 6. The molecule has 1 atom stereocenters. The first-order valence-corrected chi connectivity index (χ1v) is 8.88. The van der Waals surface area contributed by atoms with Crippen LogP contribution in [0.1, 0.15) is 32.1 Å². The molecule has 0 bridgehead atoms. The van der Waals surface area contributed by atoms with E-state index in [4.69, 9.17) is 4.42 Å². The second-order valence-corrected chi connectivity index (χ2v) is 6.50. The third-order valence-corrected chi connectivity index (χ3v) is 4.82. The molecule has 1 aliphatic rings. The molecular formula is C19H27N3O2. The molecule has 1 amide bonds. The van der Waals surface area contributed by atoms with Crippen LogP contribution in [0.25, 0.3) is 11.0 Å². The molecule has 5 heteroatoms. The fraction of sp³-hybridized carbons (Fsp3) is 0.526. The van der Waals surface area contributed by atoms with Crippen LogP contribution in [0.3, 0.4) is 0 Å². The van der Waals surface area contributed by atoms with Gasteiger partial charge in [-0.15, -0.1) is 0 Å². The van der Waals surface area contributed by atoms with Gasteiger partial charge in [0.15, 0.2) is 0 Å². The van der Waals surface area contributed by atoms with Gasteiger partial charge in [0.1, 0.15) is 11.3 Å². The number of hydrogen-bond donors (Lipinski definition) is 1. The highest BCUT2D eigenvalue weighted by molar-refractivity contribution is 5.79. The van der Waals surface area contributed by atoms with Crippen LogP contribution in [0.4, 0.5) is 0 Å². The molecule has 1 N–H and O–H groups in total. The molecule has 1 aromatic heterocycles. The van der Waals surface area contributed by atoms with Crippen molar-refractivity contribution < 1.29 is 9.21 Å². The highest BCUT2D eigenvalue weighted by Crippen LogP contribution is 2.23. The van der Waals surface area contributed by atoms with Gasteiger partial charge in [-0.3, -0.25) is 4.79 Å². The number of likely N-dealkylation sites (N-methyl/N-ethyl adjacent to an activating group) is 1. The molecule has 2 aromatic rings. The van der Waals surface area contributed by atoms with Crippen molar-refractivity contribution in [3.8, 4) is 0 Å². The van der Waals surface area contributed by atoms with Gasteiger partial charge >= 0.3 is 0 Å². The second kappa shape index (κ2) is 7.81. The number of fused-ring (bicyclic) bond motifs is 1. The smallest absolute Gasteiger partial charge is 0.221 e. The van der Waals surface area contributed by atoms with Crippen LogP contribution in [-0.4, -0.2) is 55.0 Å². The highest BCUT2D eigenvalue weighted by atomic mass is 16.3. The molecule has 3 rings (SSSR count). The van der Waals surface area contributed by atoms with Crippen LogP contribution in [-0.2, 0) is 4.79 Å². The summed E-state index contributed by atoms with van der Waals surface area (Å²) in [5.74, 6) is 0.891. The molecule has 1 aromatic carbocycles. The van der Waals surface area contributed by atoms with Crippen molar-refractivity contribution in [1.29, 1.82) is 0 Å². The first kappa shape index (κ1) is 17.0. The quantitative estimate of drug-likeness (QED) is 0.885. The predicted molar refractivity (Wildman–Crippen MR) is 95.9 cm³/mol. The lowest BCUT2D eigenvalue weighted by Crippen LogP contribution is -2.47. The Morgan fingerprint density at radius 1 is 1.21 bits per heavy atom. The summed E-state index contributed by atoms with van der Waals surface area (Å²) in [7, 11) is 0. The summed E-state index contributed by atoms with van der Waals surface area (Å²) in [6.07, 6.45) is 0.538. The molecule has 1 saturated heterocycles. The van der Waals surface area contributed by atoms with Gasteiger partial charge in [-0.05, 0) is 25.6 Å². The number of para-hydroxylation sites is 1. The number of benzene rings is 1. The summed E-state index contributed by atoms with van der Waals surface area (Å²) in [4.78, 5) is 17.0. The Bertz CT molecular complexity index is 641. The van der Waals surface area contributed by atoms with E-state index >= 15 is 0 Å². The van der Waals surface area contributed by atoms with Crippen molar-refractivity contribution in [3.05, 3.63) is 36.1 Å². The minimum absolute atomic E-state index is 0.0841. The average Bonchev–Trinajstić information content (AvgIpc) is 3.05. The van der Waals surface area contributed by atoms with Gasteiger partial charge in [0, 0.05) is 44.5 Å². The third-order valence-electron chi connectivity index (χ3n) is 4.82. The molecule has 0 saturated carbocycles. The zero-order chi connectivity index (χ0) is 16.9. The van der Waals surface area contributed by atoms with E-state index in [0.29, 0.717) is 6.42 Å². The molecule has 0 spiro atoms. The summed E-state index contributed by atoms with van der Waals surface area (Å²) in [6, 6.07) is 9.81. The maximum absolute atomic E-state index is 12.2. The zero-order valence-corrected chi connectivity index (χ0v) is 14.6. The largest absolute Gasteiger partial charge is 0.459 e. The minimum Gasteiger partial charge on any atom is -0.459 e. The van der Waals surface area contributed by atoms with Gasteiger partial charge in [0.05, 0.1) is 6.04 Å². The van der Waals surface area contributed by atoms with Crippen molar-refractivity contribution in [2.45, 2.75) is 26.3 Å². The van der Waals surface area contributed by atoms with E-state index < -0.39 is 0 Å². The summed E-state index contributed by atoms with van der Waals surface area (Å²) in [5, 5.41) is 4.12. The fourth-order valence-electron chi connectivity index (χ4n) is 3.19. The van der Waals surface area contributed by atoms with Gasteiger partial charge in [-0.1, -0.05) is 25.1 Å². The number of hydrogen-bond acceptors (Lipinski definition) is 4. The van der Waals surface area contributed by atoms with Crippen LogP contribution in [0.15, 0.2) is 34.7 Å². The van der Waals surface area contributed by atoms with E-state index in [1.54, 1.807) is 0 Å². The first-order chi connectivity index (χ1) is 11.7. The van der Waals surface area contributed by atoms with E-state index in [1.165, 1.54) is 0 Å². The number of carbonyl (C=O) groups is 1. The van der Waals surface area contributed by atoms with E-state index in [-0.39, 0.29) is 11.9 Å². The highest BCUT2D eigenvalue weighted by Gasteiger charge is 2.18. The van der Waals surface area contributed by atoms with E-state index in [1.807, 2.05) is 37.3 Å². The number of furan rings is 1. The standard InChI is InChI=1S/C19H27N3O2/c1-3-21-10-12-22(13-11-21)9-8-19(23)20-15(2)18-14-16-6-4-5-7-17(16)24-18/h4-7,14-15H,3,8-13H2,1-2H3,(H,20,23). The lowest BCUT2D eigenvalue weighted by atomic mass is 10.2. The predicted octanol–water partition coefficient (Wildman–Crippen LogP) is 2.64. The SMILES string of the molecule is CCN1CCN(CCC(=O)NC(C)c2cc3ccccc3o2)CC1. The lowest BCUT2D eigenvalue weighted by Gasteiger charge is -2.33. The molecule has 24 heavy (non-hydrogen) atoms. The Kier molecular flexibility index (Phi) is 5.53. The number of carbonyl (C=O) groups excluding carboxylic acids is 1. The van der Waals surface area contributed by atoms with Gasteiger partial charge in [0.2, 0.25) is 5.91 Å². The fourth-order valence-corrected chi connectivity index (χ4v) is 3.19.